The topological polar surface area (TPSA) is 55.1 Å². The van der Waals surface area contributed by atoms with E-state index in [0.717, 1.165) is 32.1 Å². The molecule has 0 aromatic heterocycles. The Labute approximate surface area is 120 Å². The van der Waals surface area contributed by atoms with Gasteiger partial charge in [0.05, 0.1) is 0 Å². The van der Waals surface area contributed by atoms with Crippen molar-refractivity contribution in [3.63, 3.8) is 0 Å². The normalized spacial score (nSPS) is 20.9. The van der Waals surface area contributed by atoms with Crippen LogP contribution in [0, 0.1) is 0 Å². The summed E-state index contributed by atoms with van der Waals surface area (Å²) in [4.78, 5) is 11.9. The van der Waals surface area contributed by atoms with Gasteiger partial charge in [0.2, 0.25) is 5.91 Å². The molecule has 0 radical (unpaired) electrons. The van der Waals surface area contributed by atoms with Crippen LogP contribution in [-0.2, 0) is 16.8 Å². The molecule has 0 bridgehead atoms. The van der Waals surface area contributed by atoms with Crippen molar-refractivity contribution in [3.8, 4) is 0 Å². The van der Waals surface area contributed by atoms with Gasteiger partial charge >= 0.3 is 0 Å². The summed E-state index contributed by atoms with van der Waals surface area (Å²) in [6, 6.07) is 8.86. The number of hydrogen-bond acceptors (Lipinski definition) is 2. The zero-order valence-corrected chi connectivity index (χ0v) is 12.0. The molecule has 1 aromatic rings. The van der Waals surface area contributed by atoms with Crippen LogP contribution in [0.3, 0.4) is 0 Å². The van der Waals surface area contributed by atoms with Gasteiger partial charge in [-0.25, -0.2) is 0 Å². The molecule has 0 saturated heterocycles. The highest BCUT2D eigenvalue weighted by molar-refractivity contribution is 5.76. The van der Waals surface area contributed by atoms with Gasteiger partial charge in [0.1, 0.15) is 0 Å². The van der Waals surface area contributed by atoms with E-state index in [-0.39, 0.29) is 11.4 Å². The number of benzene rings is 1. The molecule has 0 spiro atoms. The molecule has 3 nitrogen and oxygen atoms in total. The van der Waals surface area contributed by atoms with Gasteiger partial charge in [0, 0.05) is 18.0 Å². The second kappa shape index (κ2) is 5.57. The van der Waals surface area contributed by atoms with Crippen molar-refractivity contribution in [2.45, 2.75) is 62.9 Å². The monoisotopic (exact) mass is 272 g/mol. The molecule has 0 heterocycles. The highest BCUT2D eigenvalue weighted by Crippen LogP contribution is 2.42. The van der Waals surface area contributed by atoms with E-state index in [0.29, 0.717) is 12.5 Å². The molecule has 0 atom stereocenters. The van der Waals surface area contributed by atoms with Crippen molar-refractivity contribution in [2.24, 2.45) is 5.73 Å². The smallest absolute Gasteiger partial charge is 0.220 e. The maximum absolute atomic E-state index is 11.9. The number of rotatable bonds is 5. The first kappa shape index (κ1) is 13.6. The lowest BCUT2D eigenvalue weighted by molar-refractivity contribution is -0.121. The van der Waals surface area contributed by atoms with Gasteiger partial charge in [-0.1, -0.05) is 37.1 Å². The molecule has 20 heavy (non-hydrogen) atoms. The van der Waals surface area contributed by atoms with Crippen LogP contribution in [-0.4, -0.2) is 11.9 Å². The number of nitrogens with two attached hydrogens (primary N) is 1. The molecule has 3 heteroatoms. The van der Waals surface area contributed by atoms with E-state index in [1.165, 1.54) is 24.0 Å². The van der Waals surface area contributed by atoms with E-state index >= 15 is 0 Å². The maximum Gasteiger partial charge on any atom is 0.220 e. The van der Waals surface area contributed by atoms with Gasteiger partial charge in [-0.15, -0.1) is 0 Å². The first-order valence-electron chi connectivity index (χ1n) is 7.83. The van der Waals surface area contributed by atoms with Gasteiger partial charge in [0.15, 0.2) is 0 Å². The molecular formula is C17H24N2O. The van der Waals surface area contributed by atoms with Gasteiger partial charge in [-0.2, -0.15) is 0 Å². The van der Waals surface area contributed by atoms with Crippen molar-refractivity contribution < 1.29 is 4.79 Å². The Bertz CT molecular complexity index is 488. The average Bonchev–Trinajstić information content (AvgIpc) is 3.00. The number of amides is 1. The van der Waals surface area contributed by atoms with Crippen LogP contribution in [0.15, 0.2) is 24.3 Å². The summed E-state index contributed by atoms with van der Waals surface area (Å²) in [6.45, 7) is 0. The largest absolute Gasteiger partial charge is 0.353 e. The quantitative estimate of drug-likeness (QED) is 0.865. The van der Waals surface area contributed by atoms with Crippen molar-refractivity contribution in [2.75, 3.05) is 0 Å². The molecule has 2 aliphatic rings. The van der Waals surface area contributed by atoms with E-state index < -0.39 is 0 Å². The molecule has 3 N–H and O–H groups in total. The molecule has 2 fully saturated rings. The minimum absolute atomic E-state index is 0.0812. The predicted molar refractivity (Wildman–Crippen MR) is 80.3 cm³/mol. The van der Waals surface area contributed by atoms with Crippen LogP contribution in [0.5, 0.6) is 0 Å². The standard InChI is InChI=1S/C17H24N2O/c18-17(10-11-17)14-5-3-4-13(12-14)8-9-16(20)19-15-6-1-2-7-15/h3-5,12,15H,1-2,6-11,18H2,(H,19,20). The third-order valence-corrected chi connectivity index (χ3v) is 4.65. The van der Waals surface area contributed by atoms with Crippen LogP contribution in [0.25, 0.3) is 0 Å². The zero-order valence-electron chi connectivity index (χ0n) is 12.0. The molecule has 2 aliphatic carbocycles. The zero-order chi connectivity index (χ0) is 14.0. The summed E-state index contributed by atoms with van der Waals surface area (Å²) in [6.07, 6.45) is 8.36. The highest BCUT2D eigenvalue weighted by Gasteiger charge is 2.39. The SMILES string of the molecule is NC1(c2cccc(CCC(=O)NC3CCCC3)c2)CC1. The fourth-order valence-electron chi connectivity index (χ4n) is 3.09. The molecule has 0 unspecified atom stereocenters. The molecule has 1 aromatic carbocycles. The second-order valence-electron chi connectivity index (χ2n) is 6.41. The van der Waals surface area contributed by atoms with Gasteiger partial charge < -0.3 is 11.1 Å². The molecule has 1 amide bonds. The molecule has 0 aliphatic heterocycles. The van der Waals surface area contributed by atoms with Crippen LogP contribution >= 0.6 is 0 Å². The Balaban J connectivity index is 1.51. The van der Waals surface area contributed by atoms with Crippen LogP contribution < -0.4 is 11.1 Å². The van der Waals surface area contributed by atoms with Gasteiger partial charge in [0.25, 0.3) is 0 Å². The molecule has 3 rings (SSSR count). The average molecular weight is 272 g/mol. The Morgan fingerprint density at radius 1 is 1.30 bits per heavy atom. The van der Waals surface area contributed by atoms with Gasteiger partial charge in [-0.05, 0) is 43.2 Å². The first-order valence-corrected chi connectivity index (χ1v) is 7.83. The maximum atomic E-state index is 11.9. The van der Waals surface area contributed by atoms with E-state index in [9.17, 15) is 4.79 Å². The van der Waals surface area contributed by atoms with Crippen LogP contribution in [0.4, 0.5) is 0 Å². The van der Waals surface area contributed by atoms with Crippen LogP contribution in [0.1, 0.15) is 56.1 Å². The Morgan fingerprint density at radius 3 is 2.75 bits per heavy atom. The number of carbonyl (C=O) groups excluding carboxylic acids is 1. The summed E-state index contributed by atoms with van der Waals surface area (Å²) in [5, 5.41) is 3.14. The number of hydrogen-bond donors (Lipinski definition) is 2. The fourth-order valence-corrected chi connectivity index (χ4v) is 3.09. The van der Waals surface area contributed by atoms with E-state index in [4.69, 9.17) is 5.73 Å². The summed E-state index contributed by atoms with van der Waals surface area (Å²) in [5.41, 5.74) is 8.59. The highest BCUT2D eigenvalue weighted by atomic mass is 16.1. The molecule has 108 valence electrons. The Hall–Kier alpha value is -1.35. The minimum Gasteiger partial charge on any atom is -0.353 e. The predicted octanol–water partition coefficient (Wildman–Crippen LogP) is 2.63. The minimum atomic E-state index is -0.0812. The van der Waals surface area contributed by atoms with Crippen molar-refractivity contribution in [1.29, 1.82) is 0 Å². The molecular weight excluding hydrogens is 248 g/mol. The van der Waals surface area contributed by atoms with Crippen molar-refractivity contribution in [3.05, 3.63) is 35.4 Å². The third kappa shape index (κ3) is 3.21. The third-order valence-electron chi connectivity index (χ3n) is 4.65. The van der Waals surface area contributed by atoms with Crippen molar-refractivity contribution >= 4 is 5.91 Å². The lowest BCUT2D eigenvalue weighted by Crippen LogP contribution is -2.32. The number of aryl methyl sites for hydroxylation is 1. The van der Waals surface area contributed by atoms with Crippen LogP contribution in [0.2, 0.25) is 0 Å². The summed E-state index contributed by atoms with van der Waals surface area (Å²) >= 11 is 0. The lowest BCUT2D eigenvalue weighted by atomic mass is 10.0. The Kier molecular flexibility index (Phi) is 3.79. The number of nitrogens with one attached hydrogen (secondary N) is 1. The van der Waals surface area contributed by atoms with E-state index in [1.54, 1.807) is 0 Å². The Morgan fingerprint density at radius 2 is 2.05 bits per heavy atom. The lowest BCUT2D eigenvalue weighted by Gasteiger charge is -2.13. The van der Waals surface area contributed by atoms with E-state index in [2.05, 4.69) is 29.6 Å². The van der Waals surface area contributed by atoms with E-state index in [1.807, 2.05) is 0 Å². The summed E-state index contributed by atoms with van der Waals surface area (Å²) in [5.74, 6) is 0.191. The first-order chi connectivity index (χ1) is 9.66. The molecule has 2 saturated carbocycles. The van der Waals surface area contributed by atoms with Gasteiger partial charge in [-0.3, -0.25) is 4.79 Å². The fraction of sp³-hybridized carbons (Fsp3) is 0.588. The number of carbonyl (C=O) groups is 1. The summed E-state index contributed by atoms with van der Waals surface area (Å²) < 4.78 is 0. The summed E-state index contributed by atoms with van der Waals surface area (Å²) in [7, 11) is 0. The second-order valence-corrected chi connectivity index (χ2v) is 6.41. The van der Waals surface area contributed by atoms with Crippen molar-refractivity contribution in [1.82, 2.24) is 5.32 Å².